The molecule has 1 saturated heterocycles. The first-order chi connectivity index (χ1) is 9.82. The van der Waals surface area contributed by atoms with Gasteiger partial charge >= 0.3 is 11.9 Å². The molecule has 1 aromatic rings. The van der Waals surface area contributed by atoms with Crippen molar-refractivity contribution in [3.05, 3.63) is 41.4 Å². The SMILES string of the molecule is CC1(C)OC(=O)C(=CNc2ccc(CBr)cc2F)C(=O)O1. The van der Waals surface area contributed by atoms with E-state index in [2.05, 4.69) is 21.2 Å². The number of carbonyl (C=O) groups excluding carboxylic acids is 2. The summed E-state index contributed by atoms with van der Waals surface area (Å²) in [5, 5.41) is 3.09. The van der Waals surface area contributed by atoms with Crippen LogP contribution in [-0.2, 0) is 24.4 Å². The summed E-state index contributed by atoms with van der Waals surface area (Å²) in [5.41, 5.74) is 0.583. The molecule has 112 valence electrons. The lowest BCUT2D eigenvalue weighted by atomic mass is 10.2. The Balaban J connectivity index is 2.18. The maximum Gasteiger partial charge on any atom is 0.350 e. The summed E-state index contributed by atoms with van der Waals surface area (Å²) in [7, 11) is 0. The Hall–Kier alpha value is -1.89. The number of halogens is 2. The molecule has 1 aliphatic rings. The highest BCUT2D eigenvalue weighted by Gasteiger charge is 2.38. The summed E-state index contributed by atoms with van der Waals surface area (Å²) in [6.07, 6.45) is 1.08. The molecule has 1 N–H and O–H groups in total. The van der Waals surface area contributed by atoms with Crippen LogP contribution in [0.5, 0.6) is 0 Å². The molecule has 0 atom stereocenters. The predicted molar refractivity (Wildman–Crippen MR) is 77.0 cm³/mol. The Kier molecular flexibility index (Phi) is 4.32. The Labute approximate surface area is 129 Å². The molecule has 0 radical (unpaired) electrons. The molecule has 1 aromatic carbocycles. The maximum atomic E-state index is 13.8. The second-order valence-electron chi connectivity index (χ2n) is 4.83. The molecule has 0 unspecified atom stereocenters. The van der Waals surface area contributed by atoms with Crippen LogP contribution in [0.25, 0.3) is 0 Å². The number of cyclic esters (lactones) is 2. The Morgan fingerprint density at radius 3 is 2.43 bits per heavy atom. The van der Waals surface area contributed by atoms with Gasteiger partial charge in [-0.2, -0.15) is 0 Å². The fraction of sp³-hybridized carbons (Fsp3) is 0.286. The van der Waals surface area contributed by atoms with E-state index < -0.39 is 23.5 Å². The second-order valence-corrected chi connectivity index (χ2v) is 5.39. The quantitative estimate of drug-likeness (QED) is 0.390. The van der Waals surface area contributed by atoms with Crippen LogP contribution < -0.4 is 5.32 Å². The Morgan fingerprint density at radius 2 is 1.90 bits per heavy atom. The van der Waals surface area contributed by atoms with Crippen LogP contribution >= 0.6 is 15.9 Å². The maximum absolute atomic E-state index is 13.8. The lowest BCUT2D eigenvalue weighted by molar-refractivity contribution is -0.222. The van der Waals surface area contributed by atoms with E-state index in [4.69, 9.17) is 9.47 Å². The molecule has 0 aliphatic carbocycles. The van der Waals surface area contributed by atoms with E-state index in [-0.39, 0.29) is 11.3 Å². The smallest absolute Gasteiger partial charge is 0.350 e. The third-order valence-corrected chi connectivity index (χ3v) is 3.32. The van der Waals surface area contributed by atoms with E-state index in [9.17, 15) is 14.0 Å². The Morgan fingerprint density at radius 1 is 1.29 bits per heavy atom. The van der Waals surface area contributed by atoms with Gasteiger partial charge in [0.1, 0.15) is 5.82 Å². The van der Waals surface area contributed by atoms with Gasteiger partial charge in [-0.1, -0.05) is 22.0 Å². The van der Waals surface area contributed by atoms with Crippen LogP contribution in [-0.4, -0.2) is 17.7 Å². The van der Waals surface area contributed by atoms with Crippen molar-refractivity contribution in [3.63, 3.8) is 0 Å². The van der Waals surface area contributed by atoms with Crippen LogP contribution in [0.3, 0.4) is 0 Å². The highest BCUT2D eigenvalue weighted by molar-refractivity contribution is 9.08. The van der Waals surface area contributed by atoms with Gasteiger partial charge in [-0.3, -0.25) is 0 Å². The summed E-state index contributed by atoms with van der Waals surface area (Å²) in [4.78, 5) is 23.4. The highest BCUT2D eigenvalue weighted by atomic mass is 79.9. The lowest BCUT2D eigenvalue weighted by Gasteiger charge is -2.29. The fourth-order valence-corrected chi connectivity index (χ4v) is 2.04. The number of benzene rings is 1. The molecule has 1 heterocycles. The van der Waals surface area contributed by atoms with Gasteiger partial charge in [-0.25, -0.2) is 14.0 Å². The van der Waals surface area contributed by atoms with Gasteiger partial charge in [0, 0.05) is 25.4 Å². The summed E-state index contributed by atoms with van der Waals surface area (Å²) in [5.74, 6) is -3.43. The number of esters is 2. The third kappa shape index (κ3) is 3.60. The number of rotatable bonds is 3. The molecular weight excluding hydrogens is 345 g/mol. The van der Waals surface area contributed by atoms with E-state index in [0.29, 0.717) is 5.33 Å². The number of carbonyl (C=O) groups is 2. The molecule has 0 aromatic heterocycles. The summed E-state index contributed by atoms with van der Waals surface area (Å²) < 4.78 is 23.6. The first-order valence-corrected chi connectivity index (χ1v) is 7.22. The predicted octanol–water partition coefficient (Wildman–Crippen LogP) is 2.85. The van der Waals surface area contributed by atoms with Crippen LogP contribution in [0.15, 0.2) is 30.0 Å². The average molecular weight is 358 g/mol. The minimum atomic E-state index is -1.30. The molecule has 1 aliphatic heterocycles. The molecule has 1 fully saturated rings. The average Bonchev–Trinajstić information content (AvgIpc) is 2.37. The summed E-state index contributed by atoms with van der Waals surface area (Å²) in [6.45, 7) is 2.90. The molecule has 2 rings (SSSR count). The summed E-state index contributed by atoms with van der Waals surface area (Å²) in [6, 6.07) is 4.56. The topological polar surface area (TPSA) is 64.6 Å². The first-order valence-electron chi connectivity index (χ1n) is 6.10. The van der Waals surface area contributed by atoms with E-state index >= 15 is 0 Å². The van der Waals surface area contributed by atoms with Crippen molar-refractivity contribution < 1.29 is 23.5 Å². The standard InChI is InChI=1S/C14H13BrFNO4/c1-14(2)20-12(18)9(13(19)21-14)7-17-11-4-3-8(6-15)5-10(11)16/h3-5,7,17H,6H2,1-2H3. The molecular formula is C14H13BrFNO4. The molecule has 0 amide bonds. The minimum absolute atomic E-state index is 0.137. The van der Waals surface area contributed by atoms with Gasteiger partial charge in [-0.15, -0.1) is 0 Å². The van der Waals surface area contributed by atoms with Crippen molar-refractivity contribution in [1.29, 1.82) is 0 Å². The van der Waals surface area contributed by atoms with Crippen LogP contribution in [0.1, 0.15) is 19.4 Å². The van der Waals surface area contributed by atoms with Crippen LogP contribution in [0.4, 0.5) is 10.1 Å². The van der Waals surface area contributed by atoms with E-state index in [0.717, 1.165) is 11.8 Å². The van der Waals surface area contributed by atoms with Crippen LogP contribution in [0.2, 0.25) is 0 Å². The van der Waals surface area contributed by atoms with E-state index in [1.165, 1.54) is 26.0 Å². The Bertz CT molecular complexity index is 605. The summed E-state index contributed by atoms with van der Waals surface area (Å²) >= 11 is 3.22. The van der Waals surface area contributed by atoms with Crippen molar-refractivity contribution >= 4 is 33.6 Å². The zero-order chi connectivity index (χ0) is 15.6. The van der Waals surface area contributed by atoms with Gasteiger partial charge in [0.25, 0.3) is 5.79 Å². The van der Waals surface area contributed by atoms with Gasteiger partial charge in [-0.05, 0) is 17.7 Å². The molecule has 0 saturated carbocycles. The molecule has 0 spiro atoms. The molecule has 0 bridgehead atoms. The molecule has 21 heavy (non-hydrogen) atoms. The van der Waals surface area contributed by atoms with Gasteiger partial charge in [0.2, 0.25) is 0 Å². The molecule has 7 heteroatoms. The van der Waals surface area contributed by atoms with Crippen molar-refractivity contribution in [1.82, 2.24) is 0 Å². The number of alkyl halides is 1. The number of hydrogen-bond acceptors (Lipinski definition) is 5. The number of nitrogens with one attached hydrogen (secondary N) is 1. The monoisotopic (exact) mass is 357 g/mol. The van der Waals surface area contributed by atoms with E-state index in [1.54, 1.807) is 6.07 Å². The third-order valence-electron chi connectivity index (χ3n) is 2.68. The van der Waals surface area contributed by atoms with Crippen LogP contribution in [0, 0.1) is 5.82 Å². The number of ether oxygens (including phenoxy) is 2. The fourth-order valence-electron chi connectivity index (χ4n) is 1.69. The largest absolute Gasteiger partial charge is 0.419 e. The van der Waals surface area contributed by atoms with Crippen molar-refractivity contribution in [2.75, 3.05) is 5.32 Å². The van der Waals surface area contributed by atoms with Gasteiger partial charge < -0.3 is 14.8 Å². The first kappa shape index (κ1) is 15.5. The van der Waals surface area contributed by atoms with Gasteiger partial charge in [0.15, 0.2) is 5.57 Å². The zero-order valence-corrected chi connectivity index (χ0v) is 13.0. The normalized spacial score (nSPS) is 17.0. The molecule has 5 nitrogen and oxygen atoms in total. The van der Waals surface area contributed by atoms with Crippen molar-refractivity contribution in [2.45, 2.75) is 25.0 Å². The minimum Gasteiger partial charge on any atom is -0.419 e. The lowest BCUT2D eigenvalue weighted by Crippen LogP contribution is -2.42. The highest BCUT2D eigenvalue weighted by Crippen LogP contribution is 2.23. The second kappa shape index (κ2) is 5.85. The van der Waals surface area contributed by atoms with Crippen molar-refractivity contribution in [2.24, 2.45) is 0 Å². The number of anilines is 1. The number of hydrogen-bond donors (Lipinski definition) is 1. The van der Waals surface area contributed by atoms with Gasteiger partial charge in [0.05, 0.1) is 5.69 Å². The van der Waals surface area contributed by atoms with Crippen molar-refractivity contribution in [3.8, 4) is 0 Å². The van der Waals surface area contributed by atoms with E-state index in [1.807, 2.05) is 0 Å². The zero-order valence-electron chi connectivity index (χ0n) is 11.4.